The molecule has 4 nitrogen and oxygen atoms in total. The van der Waals surface area contributed by atoms with Gasteiger partial charge in [0.1, 0.15) is 0 Å². The van der Waals surface area contributed by atoms with E-state index in [2.05, 4.69) is 28.6 Å². The summed E-state index contributed by atoms with van der Waals surface area (Å²) in [5.41, 5.74) is 3.24. The summed E-state index contributed by atoms with van der Waals surface area (Å²) in [6.45, 7) is 2.96. The van der Waals surface area contributed by atoms with Crippen LogP contribution in [0.5, 0.6) is 0 Å². The lowest BCUT2D eigenvalue weighted by molar-refractivity contribution is -0.129. The summed E-state index contributed by atoms with van der Waals surface area (Å²) in [4.78, 5) is 16.5. The largest absolute Gasteiger partial charge is 0.402 e. The zero-order valence-electron chi connectivity index (χ0n) is 13.3. The highest BCUT2D eigenvalue weighted by molar-refractivity contribution is 6.13. The van der Waals surface area contributed by atoms with Gasteiger partial charge in [-0.15, -0.1) is 0 Å². The third kappa shape index (κ3) is 2.42. The van der Waals surface area contributed by atoms with Gasteiger partial charge in [-0.2, -0.15) is 0 Å². The van der Waals surface area contributed by atoms with Gasteiger partial charge in [-0.1, -0.05) is 36.4 Å². The van der Waals surface area contributed by atoms with E-state index in [0.717, 1.165) is 28.6 Å². The molecule has 0 atom stereocenters. The molecular formula is C20H16N2O2. The molecule has 0 spiro atoms. The van der Waals surface area contributed by atoms with Gasteiger partial charge >= 0.3 is 5.97 Å². The van der Waals surface area contributed by atoms with Gasteiger partial charge in [0.2, 0.25) is 5.90 Å². The van der Waals surface area contributed by atoms with Crippen molar-refractivity contribution in [3.8, 4) is 0 Å². The normalized spacial score (nSPS) is 15.8. The second-order valence-electron chi connectivity index (χ2n) is 5.59. The molecule has 0 fully saturated rings. The molecule has 24 heavy (non-hydrogen) atoms. The number of rotatable bonds is 3. The van der Waals surface area contributed by atoms with E-state index < -0.39 is 5.97 Å². The summed E-state index contributed by atoms with van der Waals surface area (Å²) < 4.78 is 7.47. The number of benzene rings is 2. The number of hydrogen-bond donors (Lipinski definition) is 0. The van der Waals surface area contributed by atoms with Crippen molar-refractivity contribution in [2.45, 2.75) is 13.5 Å². The minimum atomic E-state index is -0.415. The summed E-state index contributed by atoms with van der Waals surface area (Å²) in [7, 11) is 0. The number of nitrogens with zero attached hydrogens (tertiary/aromatic N) is 2. The number of hydrogen-bond acceptors (Lipinski definition) is 3. The van der Waals surface area contributed by atoms with Gasteiger partial charge in [0.05, 0.1) is 0 Å². The van der Waals surface area contributed by atoms with Crippen LogP contribution < -0.4 is 0 Å². The fourth-order valence-electron chi connectivity index (χ4n) is 2.91. The smallest absolute Gasteiger partial charge is 0.363 e. The molecule has 4 heteroatoms. The second kappa shape index (κ2) is 5.81. The van der Waals surface area contributed by atoms with E-state index >= 15 is 0 Å². The predicted molar refractivity (Wildman–Crippen MR) is 94.7 cm³/mol. The average Bonchev–Trinajstić information content (AvgIpc) is 3.17. The standard InChI is InChI=1S/C20H16N2O2/c1-2-22-13-15(16-10-6-7-11-18(16)22)12-17-20(23)24-19(21-17)14-8-4-3-5-9-14/h3-13H,2H2,1H3/b17-12+. The lowest BCUT2D eigenvalue weighted by Gasteiger charge is -1.97. The molecular weight excluding hydrogens is 300 g/mol. The summed E-state index contributed by atoms with van der Waals surface area (Å²) in [5.74, 6) is -0.0618. The highest BCUT2D eigenvalue weighted by Gasteiger charge is 2.24. The molecule has 2 aromatic carbocycles. The Balaban J connectivity index is 1.79. The van der Waals surface area contributed by atoms with Crippen molar-refractivity contribution in [1.29, 1.82) is 0 Å². The first-order valence-electron chi connectivity index (χ1n) is 7.92. The Bertz CT molecular complexity index is 981. The predicted octanol–water partition coefficient (Wildman–Crippen LogP) is 4.01. The molecule has 4 rings (SSSR count). The molecule has 118 valence electrons. The molecule has 1 aliphatic rings. The number of aliphatic imine (C=N–C) groups is 1. The molecule has 0 radical (unpaired) electrons. The highest BCUT2D eigenvalue weighted by atomic mass is 16.6. The van der Waals surface area contributed by atoms with Gasteiger partial charge in [-0.25, -0.2) is 9.79 Å². The monoisotopic (exact) mass is 316 g/mol. The minimum absolute atomic E-state index is 0.327. The van der Waals surface area contributed by atoms with E-state index in [1.807, 2.05) is 48.7 Å². The first kappa shape index (κ1) is 14.5. The van der Waals surface area contributed by atoms with Crippen molar-refractivity contribution in [1.82, 2.24) is 4.57 Å². The first-order valence-corrected chi connectivity index (χ1v) is 7.92. The van der Waals surface area contributed by atoms with Gasteiger partial charge in [0.25, 0.3) is 0 Å². The molecule has 0 amide bonds. The van der Waals surface area contributed by atoms with Crippen LogP contribution in [0.4, 0.5) is 0 Å². The maximum atomic E-state index is 12.2. The van der Waals surface area contributed by atoms with Crippen molar-refractivity contribution in [2.24, 2.45) is 4.99 Å². The van der Waals surface area contributed by atoms with Crippen molar-refractivity contribution in [3.63, 3.8) is 0 Å². The zero-order chi connectivity index (χ0) is 16.5. The maximum absolute atomic E-state index is 12.2. The molecule has 0 saturated carbocycles. The Labute approximate surface area is 139 Å². The van der Waals surface area contributed by atoms with E-state index in [4.69, 9.17) is 4.74 Å². The number of carbonyl (C=O) groups is 1. The number of aromatic nitrogens is 1. The van der Waals surface area contributed by atoms with E-state index in [9.17, 15) is 4.79 Å². The lowest BCUT2D eigenvalue weighted by atomic mass is 10.1. The zero-order valence-corrected chi connectivity index (χ0v) is 13.3. The van der Waals surface area contributed by atoms with E-state index in [1.165, 1.54) is 0 Å². The Morgan fingerprint density at radius 2 is 1.83 bits per heavy atom. The molecule has 2 heterocycles. The van der Waals surface area contributed by atoms with Gasteiger partial charge in [-0.3, -0.25) is 0 Å². The molecule has 0 unspecified atom stereocenters. The molecule has 1 aromatic heterocycles. The van der Waals surface area contributed by atoms with Crippen LogP contribution in [0.2, 0.25) is 0 Å². The second-order valence-corrected chi connectivity index (χ2v) is 5.59. The Kier molecular flexibility index (Phi) is 3.50. The topological polar surface area (TPSA) is 43.6 Å². The van der Waals surface area contributed by atoms with Crippen molar-refractivity contribution in [2.75, 3.05) is 0 Å². The van der Waals surface area contributed by atoms with E-state index in [0.29, 0.717) is 11.6 Å². The van der Waals surface area contributed by atoms with Crippen molar-refractivity contribution < 1.29 is 9.53 Å². The number of esters is 1. The summed E-state index contributed by atoms with van der Waals surface area (Å²) in [6, 6.07) is 17.6. The van der Waals surface area contributed by atoms with Crippen molar-refractivity contribution in [3.05, 3.63) is 77.6 Å². The summed E-state index contributed by atoms with van der Waals surface area (Å²) in [5, 5.41) is 1.10. The third-order valence-electron chi connectivity index (χ3n) is 4.09. The van der Waals surface area contributed by atoms with E-state index in [-0.39, 0.29) is 0 Å². The average molecular weight is 316 g/mol. The number of carbonyl (C=O) groups excluding carboxylic acids is 1. The van der Waals surface area contributed by atoms with Crippen LogP contribution in [0.15, 0.2) is 71.5 Å². The minimum Gasteiger partial charge on any atom is -0.402 e. The number of aryl methyl sites for hydroxylation is 1. The van der Waals surface area contributed by atoms with Gasteiger partial charge < -0.3 is 9.30 Å². The Hall–Kier alpha value is -3.14. The van der Waals surface area contributed by atoms with Crippen LogP contribution in [0.3, 0.4) is 0 Å². The van der Waals surface area contributed by atoms with Crippen LogP contribution in [0, 0.1) is 0 Å². The fourth-order valence-corrected chi connectivity index (χ4v) is 2.91. The summed E-state index contributed by atoms with van der Waals surface area (Å²) >= 11 is 0. The molecule has 0 N–H and O–H groups in total. The quantitative estimate of drug-likeness (QED) is 0.541. The van der Waals surface area contributed by atoms with Gasteiger partial charge in [-0.05, 0) is 31.2 Å². The number of cyclic esters (lactones) is 1. The summed E-state index contributed by atoms with van der Waals surface area (Å²) in [6.07, 6.45) is 3.84. The molecule has 0 saturated heterocycles. The van der Waals surface area contributed by atoms with Crippen molar-refractivity contribution >= 4 is 28.8 Å². The van der Waals surface area contributed by atoms with Gasteiger partial charge in [0.15, 0.2) is 5.70 Å². The van der Waals surface area contributed by atoms with Crippen LogP contribution in [0.25, 0.3) is 17.0 Å². The van der Waals surface area contributed by atoms with Crippen LogP contribution in [-0.2, 0) is 16.1 Å². The van der Waals surface area contributed by atoms with E-state index in [1.54, 1.807) is 6.08 Å². The Morgan fingerprint density at radius 1 is 1.08 bits per heavy atom. The van der Waals surface area contributed by atoms with Gasteiger partial charge in [0, 0.05) is 34.8 Å². The Morgan fingerprint density at radius 3 is 2.62 bits per heavy atom. The number of para-hydroxylation sites is 1. The van der Waals surface area contributed by atoms with Crippen LogP contribution >= 0.6 is 0 Å². The molecule has 0 aliphatic carbocycles. The number of ether oxygens (including phenoxy) is 1. The maximum Gasteiger partial charge on any atom is 0.363 e. The third-order valence-corrected chi connectivity index (χ3v) is 4.09. The molecule has 3 aromatic rings. The number of fused-ring (bicyclic) bond motifs is 1. The fraction of sp³-hybridized carbons (Fsp3) is 0.100. The van der Waals surface area contributed by atoms with Crippen LogP contribution in [0.1, 0.15) is 18.1 Å². The first-order chi connectivity index (χ1) is 11.8. The molecule has 0 bridgehead atoms. The van der Waals surface area contributed by atoms with Crippen LogP contribution in [-0.4, -0.2) is 16.4 Å². The highest BCUT2D eigenvalue weighted by Crippen LogP contribution is 2.26. The molecule has 1 aliphatic heterocycles. The lowest BCUT2D eigenvalue weighted by Crippen LogP contribution is -2.04. The SMILES string of the molecule is CCn1cc(/C=C2/N=C(c3ccccc3)OC2=O)c2ccccc21.